The van der Waals surface area contributed by atoms with Gasteiger partial charge in [-0.1, -0.05) is 19.3 Å². The highest BCUT2D eigenvalue weighted by Gasteiger charge is 2.33. The second kappa shape index (κ2) is 9.62. The van der Waals surface area contributed by atoms with Crippen LogP contribution >= 0.6 is 0 Å². The first kappa shape index (κ1) is 22.0. The van der Waals surface area contributed by atoms with Crippen LogP contribution in [0.15, 0.2) is 0 Å². The SMILES string of the molecule is C[C@@H](OCC1CCCCC1)[C@@H](COC(F)(F)F)NC(=O)OC(C)(C)C. The maximum absolute atomic E-state index is 12.4. The molecule has 0 aromatic carbocycles. The number of rotatable bonds is 7. The van der Waals surface area contributed by atoms with E-state index in [0.29, 0.717) is 12.5 Å². The van der Waals surface area contributed by atoms with Gasteiger partial charge in [-0.15, -0.1) is 13.2 Å². The fraction of sp³-hybridized carbons (Fsp3) is 0.941. The molecule has 25 heavy (non-hydrogen) atoms. The topological polar surface area (TPSA) is 56.8 Å². The Bertz CT molecular complexity index is 404. The molecule has 0 unspecified atom stereocenters. The van der Waals surface area contributed by atoms with Crippen molar-refractivity contribution in [1.82, 2.24) is 5.32 Å². The number of hydrogen-bond donors (Lipinski definition) is 1. The molecule has 0 radical (unpaired) electrons. The minimum absolute atomic E-state index is 0.418. The van der Waals surface area contributed by atoms with E-state index in [0.717, 1.165) is 25.7 Å². The number of amides is 1. The van der Waals surface area contributed by atoms with Gasteiger partial charge in [0.1, 0.15) is 5.60 Å². The molecule has 0 aliphatic heterocycles. The number of ether oxygens (including phenoxy) is 3. The molecule has 1 aliphatic carbocycles. The van der Waals surface area contributed by atoms with Crippen molar-refractivity contribution in [2.45, 2.75) is 83.9 Å². The molecule has 148 valence electrons. The van der Waals surface area contributed by atoms with Gasteiger partial charge >= 0.3 is 12.5 Å². The Labute approximate surface area is 147 Å². The fourth-order valence-electron chi connectivity index (χ4n) is 2.70. The molecule has 1 N–H and O–H groups in total. The summed E-state index contributed by atoms with van der Waals surface area (Å²) >= 11 is 0. The van der Waals surface area contributed by atoms with E-state index in [-0.39, 0.29) is 0 Å². The van der Waals surface area contributed by atoms with Crippen molar-refractivity contribution in [3.63, 3.8) is 0 Å². The molecule has 0 aromatic rings. The fourth-order valence-corrected chi connectivity index (χ4v) is 2.70. The molecule has 5 nitrogen and oxygen atoms in total. The Kier molecular flexibility index (Phi) is 8.47. The van der Waals surface area contributed by atoms with Crippen LogP contribution in [0.25, 0.3) is 0 Å². The van der Waals surface area contributed by atoms with Crippen molar-refractivity contribution >= 4 is 6.09 Å². The van der Waals surface area contributed by atoms with Gasteiger partial charge in [0.15, 0.2) is 0 Å². The van der Waals surface area contributed by atoms with Crippen LogP contribution < -0.4 is 5.32 Å². The number of hydrogen-bond acceptors (Lipinski definition) is 4. The molecular formula is C17H30F3NO4. The van der Waals surface area contributed by atoms with Crippen molar-refractivity contribution < 1.29 is 32.2 Å². The number of halogens is 3. The summed E-state index contributed by atoms with van der Waals surface area (Å²) in [5.41, 5.74) is -0.744. The van der Waals surface area contributed by atoms with E-state index in [1.807, 2.05) is 0 Å². The van der Waals surface area contributed by atoms with Gasteiger partial charge in [0.25, 0.3) is 0 Å². The van der Waals surface area contributed by atoms with Crippen LogP contribution in [0.3, 0.4) is 0 Å². The standard InChI is InChI=1S/C17H30F3NO4/c1-12(23-10-13-8-6-5-7-9-13)14(11-24-17(18,19)20)21-15(22)25-16(2,3)4/h12-14H,5-11H2,1-4H3,(H,21,22)/t12-,14-/m1/s1. The van der Waals surface area contributed by atoms with Crippen LogP contribution in [0, 0.1) is 5.92 Å². The molecule has 0 saturated heterocycles. The molecule has 1 rings (SSSR count). The van der Waals surface area contributed by atoms with Crippen molar-refractivity contribution in [2.75, 3.05) is 13.2 Å². The average Bonchev–Trinajstić information content (AvgIpc) is 2.47. The maximum Gasteiger partial charge on any atom is 0.522 e. The summed E-state index contributed by atoms with van der Waals surface area (Å²) in [4.78, 5) is 11.9. The van der Waals surface area contributed by atoms with Gasteiger partial charge in [-0.25, -0.2) is 4.79 Å². The molecule has 0 spiro atoms. The number of carbonyl (C=O) groups is 1. The minimum Gasteiger partial charge on any atom is -0.444 e. The maximum atomic E-state index is 12.4. The largest absolute Gasteiger partial charge is 0.522 e. The predicted molar refractivity (Wildman–Crippen MR) is 87.2 cm³/mol. The number of carbonyl (C=O) groups excluding carboxylic acids is 1. The molecule has 1 fully saturated rings. The van der Waals surface area contributed by atoms with Crippen LogP contribution in [0.1, 0.15) is 59.8 Å². The van der Waals surface area contributed by atoms with Crippen LogP contribution in [0.5, 0.6) is 0 Å². The lowest BCUT2D eigenvalue weighted by molar-refractivity contribution is -0.327. The lowest BCUT2D eigenvalue weighted by Crippen LogP contribution is -2.49. The van der Waals surface area contributed by atoms with E-state index < -0.39 is 36.8 Å². The van der Waals surface area contributed by atoms with Gasteiger partial charge in [-0.3, -0.25) is 4.74 Å². The van der Waals surface area contributed by atoms with E-state index in [2.05, 4.69) is 10.1 Å². The Morgan fingerprint density at radius 2 is 1.76 bits per heavy atom. The van der Waals surface area contributed by atoms with E-state index in [1.54, 1.807) is 27.7 Å². The van der Waals surface area contributed by atoms with Gasteiger partial charge in [-0.05, 0) is 46.5 Å². The number of nitrogens with one attached hydrogen (secondary N) is 1. The highest BCUT2D eigenvalue weighted by atomic mass is 19.4. The average molecular weight is 369 g/mol. The number of alkyl halides is 3. The van der Waals surface area contributed by atoms with E-state index in [1.165, 1.54) is 6.42 Å². The quantitative estimate of drug-likeness (QED) is 0.723. The van der Waals surface area contributed by atoms with Crippen LogP contribution in [-0.4, -0.2) is 43.4 Å². The van der Waals surface area contributed by atoms with E-state index in [4.69, 9.17) is 9.47 Å². The van der Waals surface area contributed by atoms with Crippen molar-refractivity contribution in [3.8, 4) is 0 Å². The third-order valence-electron chi connectivity index (χ3n) is 4.01. The van der Waals surface area contributed by atoms with Crippen molar-refractivity contribution in [3.05, 3.63) is 0 Å². The first-order chi connectivity index (χ1) is 11.5. The van der Waals surface area contributed by atoms with Crippen molar-refractivity contribution in [1.29, 1.82) is 0 Å². The molecule has 1 saturated carbocycles. The Hall–Kier alpha value is -1.02. The first-order valence-corrected chi connectivity index (χ1v) is 8.78. The summed E-state index contributed by atoms with van der Waals surface area (Å²) in [6.45, 7) is 6.41. The van der Waals surface area contributed by atoms with Gasteiger partial charge in [0.2, 0.25) is 0 Å². The smallest absolute Gasteiger partial charge is 0.444 e. The zero-order valence-corrected chi connectivity index (χ0v) is 15.4. The van der Waals surface area contributed by atoms with Gasteiger partial charge in [-0.2, -0.15) is 0 Å². The zero-order chi connectivity index (χ0) is 19.1. The van der Waals surface area contributed by atoms with Gasteiger partial charge in [0.05, 0.1) is 18.8 Å². The van der Waals surface area contributed by atoms with E-state index >= 15 is 0 Å². The van der Waals surface area contributed by atoms with Crippen LogP contribution in [0.2, 0.25) is 0 Å². The second-order valence-corrected chi connectivity index (χ2v) is 7.55. The highest BCUT2D eigenvalue weighted by Crippen LogP contribution is 2.24. The predicted octanol–water partition coefficient (Wildman–Crippen LogP) is 4.40. The lowest BCUT2D eigenvalue weighted by Gasteiger charge is -2.29. The third kappa shape index (κ3) is 10.5. The Morgan fingerprint density at radius 1 is 1.16 bits per heavy atom. The molecule has 1 aliphatic rings. The third-order valence-corrected chi connectivity index (χ3v) is 4.01. The normalized spacial score (nSPS) is 19.3. The molecule has 2 atom stereocenters. The summed E-state index contributed by atoms with van der Waals surface area (Å²) in [7, 11) is 0. The number of alkyl carbamates (subject to hydrolysis) is 1. The van der Waals surface area contributed by atoms with Gasteiger partial charge < -0.3 is 14.8 Å². The Balaban J connectivity index is 2.56. The first-order valence-electron chi connectivity index (χ1n) is 8.78. The Morgan fingerprint density at radius 3 is 2.28 bits per heavy atom. The summed E-state index contributed by atoms with van der Waals surface area (Å²) in [6.07, 6.45) is -0.539. The van der Waals surface area contributed by atoms with Crippen LogP contribution in [0.4, 0.5) is 18.0 Å². The molecule has 1 amide bonds. The monoisotopic (exact) mass is 369 g/mol. The highest BCUT2D eigenvalue weighted by molar-refractivity contribution is 5.68. The molecule has 0 bridgehead atoms. The van der Waals surface area contributed by atoms with Crippen LogP contribution in [-0.2, 0) is 14.2 Å². The second-order valence-electron chi connectivity index (χ2n) is 7.55. The minimum atomic E-state index is -4.77. The van der Waals surface area contributed by atoms with E-state index in [9.17, 15) is 18.0 Å². The van der Waals surface area contributed by atoms with Gasteiger partial charge in [0, 0.05) is 6.61 Å². The summed E-state index contributed by atoms with van der Waals surface area (Å²) in [5, 5.41) is 2.42. The zero-order valence-electron chi connectivity index (χ0n) is 15.4. The molecule has 0 heterocycles. The lowest BCUT2D eigenvalue weighted by atomic mass is 9.90. The molecule has 0 aromatic heterocycles. The summed E-state index contributed by atoms with van der Waals surface area (Å²) in [5.74, 6) is 0.418. The summed E-state index contributed by atoms with van der Waals surface area (Å²) in [6, 6.07) is -0.958. The van der Waals surface area contributed by atoms with Crippen molar-refractivity contribution in [2.24, 2.45) is 5.92 Å². The molecular weight excluding hydrogens is 339 g/mol. The molecule has 8 heteroatoms. The summed E-state index contributed by atoms with van der Waals surface area (Å²) < 4.78 is 51.8.